The Balaban J connectivity index is 1.29. The fourth-order valence-electron chi connectivity index (χ4n) is 3.85. The first-order valence-electron chi connectivity index (χ1n) is 8.74. The van der Waals surface area contributed by atoms with Crippen molar-refractivity contribution in [2.24, 2.45) is 13.0 Å². The van der Waals surface area contributed by atoms with Crippen LogP contribution in [-0.4, -0.2) is 44.8 Å². The van der Waals surface area contributed by atoms with Gasteiger partial charge in [0.1, 0.15) is 0 Å². The molecule has 2 aliphatic rings. The Kier molecular flexibility index (Phi) is 4.00. The van der Waals surface area contributed by atoms with Crippen LogP contribution in [0.4, 0.5) is 5.95 Å². The quantitative estimate of drug-likeness (QED) is 0.882. The number of imidazole rings is 1. The molecule has 1 unspecified atom stereocenters. The summed E-state index contributed by atoms with van der Waals surface area (Å²) in [6, 6.07) is 0.278. The zero-order chi connectivity index (χ0) is 16.5. The van der Waals surface area contributed by atoms with E-state index in [0.717, 1.165) is 51.1 Å². The molecule has 0 radical (unpaired) electrons. The van der Waals surface area contributed by atoms with Crippen LogP contribution in [0.25, 0.3) is 0 Å². The number of amides is 1. The Morgan fingerprint density at radius 2 is 2.17 bits per heavy atom. The lowest BCUT2D eigenvalue weighted by molar-refractivity contribution is -0.126. The van der Waals surface area contributed by atoms with Gasteiger partial charge in [-0.05, 0) is 37.7 Å². The Hall–Kier alpha value is -2.31. The molecular weight excluding hydrogens is 304 g/mol. The number of fused-ring (bicyclic) bond motifs is 1. The van der Waals surface area contributed by atoms with Crippen LogP contribution in [0.5, 0.6) is 0 Å². The summed E-state index contributed by atoms with van der Waals surface area (Å²) in [5.41, 5.74) is 2.40. The van der Waals surface area contributed by atoms with Crippen molar-refractivity contribution in [2.75, 3.05) is 18.0 Å². The minimum Gasteiger partial charge on any atom is -0.353 e. The van der Waals surface area contributed by atoms with E-state index in [4.69, 9.17) is 0 Å². The predicted octanol–water partition coefficient (Wildman–Crippen LogP) is 1.03. The van der Waals surface area contributed by atoms with Crippen molar-refractivity contribution in [3.05, 3.63) is 29.8 Å². The second-order valence-corrected chi connectivity index (χ2v) is 6.92. The number of hydrogen-bond acceptors (Lipinski definition) is 4. The first-order chi connectivity index (χ1) is 11.7. The van der Waals surface area contributed by atoms with E-state index in [2.05, 4.69) is 25.4 Å². The third-order valence-electron chi connectivity index (χ3n) is 5.31. The molecule has 2 N–H and O–H groups in total. The number of H-pyrrole nitrogens is 1. The molecule has 1 atom stereocenters. The van der Waals surface area contributed by atoms with Crippen LogP contribution >= 0.6 is 0 Å². The van der Waals surface area contributed by atoms with Crippen molar-refractivity contribution in [2.45, 2.75) is 38.1 Å². The lowest BCUT2D eigenvalue weighted by atomic mass is 9.87. The van der Waals surface area contributed by atoms with Gasteiger partial charge >= 0.3 is 0 Å². The van der Waals surface area contributed by atoms with Crippen LogP contribution in [0.15, 0.2) is 18.6 Å². The molecule has 0 bridgehead atoms. The number of carbonyl (C=O) groups excluding carboxylic acids is 1. The molecule has 24 heavy (non-hydrogen) atoms. The van der Waals surface area contributed by atoms with E-state index in [1.165, 1.54) is 11.3 Å². The highest BCUT2D eigenvalue weighted by molar-refractivity contribution is 5.79. The molecule has 7 heteroatoms. The second-order valence-electron chi connectivity index (χ2n) is 6.92. The van der Waals surface area contributed by atoms with Gasteiger partial charge in [-0.25, -0.2) is 4.98 Å². The van der Waals surface area contributed by atoms with Gasteiger partial charge in [0.2, 0.25) is 11.9 Å². The second kappa shape index (κ2) is 6.30. The Labute approximate surface area is 141 Å². The fourth-order valence-corrected chi connectivity index (χ4v) is 3.85. The summed E-state index contributed by atoms with van der Waals surface area (Å²) in [6.45, 7) is 1.87. The largest absolute Gasteiger partial charge is 0.353 e. The summed E-state index contributed by atoms with van der Waals surface area (Å²) in [6.07, 6.45) is 10.2. The summed E-state index contributed by atoms with van der Waals surface area (Å²) < 4.78 is 2.05. The predicted molar refractivity (Wildman–Crippen MR) is 90.7 cm³/mol. The van der Waals surface area contributed by atoms with Crippen molar-refractivity contribution in [3.63, 3.8) is 0 Å². The number of aromatic amines is 1. The number of anilines is 1. The smallest absolute Gasteiger partial charge is 0.223 e. The monoisotopic (exact) mass is 328 g/mol. The number of piperidine rings is 1. The number of carbonyl (C=O) groups is 1. The summed E-state index contributed by atoms with van der Waals surface area (Å²) in [5.74, 6) is 1.31. The van der Waals surface area contributed by atoms with Gasteiger partial charge in [-0.3, -0.25) is 9.89 Å². The van der Waals surface area contributed by atoms with Crippen molar-refractivity contribution in [1.82, 2.24) is 25.1 Å². The number of aryl methyl sites for hydroxylation is 2. The Bertz CT molecular complexity index is 712. The van der Waals surface area contributed by atoms with Crippen LogP contribution < -0.4 is 10.2 Å². The fraction of sp³-hybridized carbons (Fsp3) is 0.588. The standard InChI is InChI=1S/C17H24N6O/c1-22-9-6-18-17(22)23-7-4-14(5-8-23)20-16(24)12-2-3-15-13(10-12)11-19-21-15/h6,9,11-12,14H,2-5,7-8,10H2,1H3,(H,19,21)(H,20,24). The molecule has 0 spiro atoms. The topological polar surface area (TPSA) is 78.8 Å². The minimum atomic E-state index is 0.0858. The van der Waals surface area contributed by atoms with Gasteiger partial charge in [0.25, 0.3) is 0 Å². The zero-order valence-corrected chi connectivity index (χ0v) is 14.0. The molecule has 1 aliphatic carbocycles. The van der Waals surface area contributed by atoms with E-state index in [1.54, 1.807) is 0 Å². The highest BCUT2D eigenvalue weighted by Crippen LogP contribution is 2.24. The highest BCUT2D eigenvalue weighted by Gasteiger charge is 2.29. The molecule has 2 aromatic heterocycles. The molecule has 1 saturated heterocycles. The van der Waals surface area contributed by atoms with E-state index in [1.807, 2.05) is 30.2 Å². The van der Waals surface area contributed by atoms with Gasteiger partial charge in [-0.15, -0.1) is 0 Å². The van der Waals surface area contributed by atoms with E-state index in [9.17, 15) is 4.79 Å². The van der Waals surface area contributed by atoms with E-state index in [0.29, 0.717) is 0 Å². The van der Waals surface area contributed by atoms with Crippen molar-refractivity contribution >= 4 is 11.9 Å². The van der Waals surface area contributed by atoms with Gasteiger partial charge in [0.05, 0.1) is 6.20 Å². The molecule has 128 valence electrons. The van der Waals surface area contributed by atoms with Gasteiger partial charge in [0.15, 0.2) is 0 Å². The lowest BCUT2D eigenvalue weighted by Gasteiger charge is -2.34. The summed E-state index contributed by atoms with van der Waals surface area (Å²) in [4.78, 5) is 19.3. The van der Waals surface area contributed by atoms with Gasteiger partial charge in [-0.2, -0.15) is 5.10 Å². The third-order valence-corrected chi connectivity index (χ3v) is 5.31. The zero-order valence-electron chi connectivity index (χ0n) is 14.0. The molecular formula is C17H24N6O. The van der Waals surface area contributed by atoms with E-state index >= 15 is 0 Å². The summed E-state index contributed by atoms with van der Waals surface area (Å²) >= 11 is 0. The average molecular weight is 328 g/mol. The Morgan fingerprint density at radius 3 is 2.92 bits per heavy atom. The molecule has 7 nitrogen and oxygen atoms in total. The van der Waals surface area contributed by atoms with Crippen molar-refractivity contribution in [1.29, 1.82) is 0 Å². The maximum Gasteiger partial charge on any atom is 0.223 e. The number of nitrogens with one attached hydrogen (secondary N) is 2. The molecule has 0 aromatic carbocycles. The Morgan fingerprint density at radius 1 is 1.33 bits per heavy atom. The molecule has 3 heterocycles. The van der Waals surface area contributed by atoms with Crippen LogP contribution in [-0.2, 0) is 24.7 Å². The number of aromatic nitrogens is 4. The molecule has 1 amide bonds. The molecule has 2 aromatic rings. The van der Waals surface area contributed by atoms with Gasteiger partial charge in [0, 0.05) is 50.2 Å². The molecule has 1 aliphatic heterocycles. The number of nitrogens with zero attached hydrogens (tertiary/aromatic N) is 4. The van der Waals surface area contributed by atoms with Crippen LogP contribution in [0, 0.1) is 5.92 Å². The minimum absolute atomic E-state index is 0.0858. The van der Waals surface area contributed by atoms with Gasteiger partial charge < -0.3 is 14.8 Å². The molecule has 0 saturated carbocycles. The maximum absolute atomic E-state index is 12.6. The van der Waals surface area contributed by atoms with Crippen LogP contribution in [0.1, 0.15) is 30.5 Å². The normalized spacial score (nSPS) is 21.5. The number of hydrogen-bond donors (Lipinski definition) is 2. The lowest BCUT2D eigenvalue weighted by Crippen LogP contribution is -2.47. The highest BCUT2D eigenvalue weighted by atomic mass is 16.1. The first-order valence-corrected chi connectivity index (χ1v) is 8.74. The SMILES string of the molecule is Cn1ccnc1N1CCC(NC(=O)C2CCc3[nH]ncc3C2)CC1. The molecule has 1 fully saturated rings. The summed E-state index contributed by atoms with van der Waals surface area (Å²) in [5, 5.41) is 10.4. The maximum atomic E-state index is 12.6. The van der Waals surface area contributed by atoms with Crippen molar-refractivity contribution in [3.8, 4) is 0 Å². The average Bonchev–Trinajstić information content (AvgIpc) is 3.23. The van der Waals surface area contributed by atoms with E-state index in [-0.39, 0.29) is 17.9 Å². The third kappa shape index (κ3) is 2.90. The van der Waals surface area contributed by atoms with Gasteiger partial charge in [-0.1, -0.05) is 0 Å². The number of rotatable bonds is 3. The van der Waals surface area contributed by atoms with E-state index < -0.39 is 0 Å². The van der Waals surface area contributed by atoms with Crippen molar-refractivity contribution < 1.29 is 4.79 Å². The summed E-state index contributed by atoms with van der Waals surface area (Å²) in [7, 11) is 2.02. The van der Waals surface area contributed by atoms with Crippen LogP contribution in [0.3, 0.4) is 0 Å². The molecule has 4 rings (SSSR count). The van der Waals surface area contributed by atoms with Crippen LogP contribution in [0.2, 0.25) is 0 Å². The first kappa shape index (κ1) is 15.2.